The van der Waals surface area contributed by atoms with Gasteiger partial charge in [-0.1, -0.05) is 35.9 Å². The van der Waals surface area contributed by atoms with E-state index in [0.717, 1.165) is 6.42 Å². The molecule has 1 saturated carbocycles. The number of imidazole rings is 1. The fourth-order valence-corrected chi connectivity index (χ4v) is 4.47. The normalized spacial score (nSPS) is 24.9. The van der Waals surface area contributed by atoms with Gasteiger partial charge in [-0.05, 0) is 18.6 Å². The summed E-state index contributed by atoms with van der Waals surface area (Å²) in [6, 6.07) is 5.96. The summed E-state index contributed by atoms with van der Waals surface area (Å²) in [6.45, 7) is 0. The number of nitrogens with zero attached hydrogens (tertiary/aromatic N) is 2. The van der Waals surface area contributed by atoms with E-state index in [-0.39, 0.29) is 29.8 Å². The van der Waals surface area contributed by atoms with Gasteiger partial charge in [-0.3, -0.25) is 0 Å². The number of ether oxygens (including phenoxy) is 1. The van der Waals surface area contributed by atoms with Gasteiger partial charge in [0.1, 0.15) is 23.3 Å². The van der Waals surface area contributed by atoms with Crippen molar-refractivity contribution in [1.29, 1.82) is 0 Å². The van der Waals surface area contributed by atoms with Gasteiger partial charge < -0.3 is 20.8 Å². The SMILES string of the molecule is NC(=O)O[C@@H]1[C@H](Nc2c(Cl)cnc3nc(-c4cccc(F)c4)[nH]c23)[C@H]2C=C[C@@H]1C2. The van der Waals surface area contributed by atoms with Crippen LogP contribution in [0.4, 0.5) is 14.9 Å². The highest BCUT2D eigenvalue weighted by atomic mass is 35.5. The number of hydrogen-bond donors (Lipinski definition) is 3. The summed E-state index contributed by atoms with van der Waals surface area (Å²) in [4.78, 5) is 23.3. The Hall–Kier alpha value is -3.13. The number of aromatic amines is 1. The van der Waals surface area contributed by atoms with Crippen LogP contribution >= 0.6 is 11.6 Å². The van der Waals surface area contributed by atoms with Crippen molar-refractivity contribution >= 4 is 34.5 Å². The van der Waals surface area contributed by atoms with Gasteiger partial charge in [-0.2, -0.15) is 0 Å². The highest BCUT2D eigenvalue weighted by Gasteiger charge is 2.47. The average Bonchev–Trinajstić information content (AvgIpc) is 3.39. The number of carbonyl (C=O) groups excluding carboxylic acids is 1. The van der Waals surface area contributed by atoms with Crippen LogP contribution in [0.3, 0.4) is 0 Å². The van der Waals surface area contributed by atoms with Gasteiger partial charge in [0.05, 0.1) is 22.9 Å². The van der Waals surface area contributed by atoms with Crippen LogP contribution in [-0.4, -0.2) is 33.2 Å². The molecule has 148 valence electrons. The maximum absolute atomic E-state index is 13.6. The molecule has 3 aromatic rings. The Morgan fingerprint density at radius 3 is 2.97 bits per heavy atom. The number of aromatic nitrogens is 3. The number of rotatable bonds is 4. The van der Waals surface area contributed by atoms with Crippen molar-refractivity contribution in [2.24, 2.45) is 17.6 Å². The summed E-state index contributed by atoms with van der Waals surface area (Å²) in [7, 11) is 0. The van der Waals surface area contributed by atoms with Crippen molar-refractivity contribution in [2.45, 2.75) is 18.6 Å². The molecule has 4 atom stereocenters. The summed E-state index contributed by atoms with van der Waals surface area (Å²) in [5.41, 5.74) is 7.52. The van der Waals surface area contributed by atoms with Crippen molar-refractivity contribution in [3.63, 3.8) is 0 Å². The van der Waals surface area contributed by atoms with Crippen molar-refractivity contribution in [2.75, 3.05) is 5.32 Å². The quantitative estimate of drug-likeness (QED) is 0.563. The minimum Gasteiger partial charge on any atom is -0.444 e. The van der Waals surface area contributed by atoms with Crippen LogP contribution in [0.5, 0.6) is 0 Å². The maximum Gasteiger partial charge on any atom is 0.404 e. The Bertz CT molecular complexity index is 1150. The first-order chi connectivity index (χ1) is 14.0. The third kappa shape index (κ3) is 3.09. The second-order valence-corrected chi connectivity index (χ2v) is 7.70. The standard InChI is InChI=1S/C20H17ClFN5O2/c21-13-8-24-19-16(26-18(27-19)11-2-1-3-12(22)7-11)15(13)25-14-9-4-5-10(6-9)17(14)29-20(23)28/h1-5,7-10,14,17H,6H2,(H2,23,28)(H2,24,25,26,27)/t9-,10+,14+,17-/m0/s1. The molecule has 29 heavy (non-hydrogen) atoms. The molecule has 0 spiro atoms. The first-order valence-electron chi connectivity index (χ1n) is 9.20. The lowest BCUT2D eigenvalue weighted by molar-refractivity contribution is 0.0854. The molecule has 4 N–H and O–H groups in total. The van der Waals surface area contributed by atoms with Crippen molar-refractivity contribution in [3.8, 4) is 11.4 Å². The fraction of sp³-hybridized carbons (Fsp3) is 0.250. The number of amides is 1. The number of anilines is 1. The lowest BCUT2D eigenvalue weighted by atomic mass is 9.98. The molecular formula is C20H17ClFN5O2. The van der Waals surface area contributed by atoms with E-state index in [2.05, 4.69) is 32.4 Å². The molecule has 2 aliphatic carbocycles. The van der Waals surface area contributed by atoms with Gasteiger partial charge in [-0.15, -0.1) is 0 Å². The number of carbonyl (C=O) groups is 1. The summed E-state index contributed by atoms with van der Waals surface area (Å²) in [5, 5.41) is 3.81. The molecule has 2 aliphatic rings. The zero-order valence-electron chi connectivity index (χ0n) is 15.1. The van der Waals surface area contributed by atoms with Crippen LogP contribution in [0, 0.1) is 17.7 Å². The van der Waals surface area contributed by atoms with Crippen molar-refractivity contribution in [1.82, 2.24) is 15.0 Å². The smallest absolute Gasteiger partial charge is 0.404 e. The van der Waals surface area contributed by atoms with E-state index in [4.69, 9.17) is 22.1 Å². The third-order valence-corrected chi connectivity index (χ3v) is 5.81. The molecule has 2 bridgehead atoms. The van der Waals surface area contributed by atoms with Gasteiger partial charge in [0.15, 0.2) is 5.65 Å². The van der Waals surface area contributed by atoms with Gasteiger partial charge in [0, 0.05) is 17.4 Å². The molecule has 0 saturated heterocycles. The lowest BCUT2D eigenvalue weighted by Gasteiger charge is -2.29. The van der Waals surface area contributed by atoms with Crippen molar-refractivity contribution < 1.29 is 13.9 Å². The summed E-state index contributed by atoms with van der Waals surface area (Å²) < 4.78 is 19.0. The third-order valence-electron chi connectivity index (χ3n) is 5.52. The first kappa shape index (κ1) is 17.9. The van der Waals surface area contributed by atoms with Crippen LogP contribution in [0.1, 0.15) is 6.42 Å². The first-order valence-corrected chi connectivity index (χ1v) is 9.58. The molecule has 5 rings (SSSR count). The van der Waals surface area contributed by atoms with Crippen LogP contribution in [0.25, 0.3) is 22.6 Å². The predicted octanol–water partition coefficient (Wildman–Crippen LogP) is 3.87. The molecule has 2 aromatic heterocycles. The maximum atomic E-state index is 13.6. The van der Waals surface area contributed by atoms with Gasteiger partial charge in [-0.25, -0.2) is 19.2 Å². The van der Waals surface area contributed by atoms with Gasteiger partial charge in [0.2, 0.25) is 0 Å². The highest BCUT2D eigenvalue weighted by Crippen LogP contribution is 2.44. The topological polar surface area (TPSA) is 106 Å². The number of nitrogens with one attached hydrogen (secondary N) is 2. The monoisotopic (exact) mass is 413 g/mol. The molecule has 0 radical (unpaired) electrons. The van der Waals surface area contributed by atoms with Crippen molar-refractivity contribution in [3.05, 3.63) is 53.5 Å². The van der Waals surface area contributed by atoms with Crippen LogP contribution < -0.4 is 11.1 Å². The van der Waals surface area contributed by atoms with E-state index in [1.54, 1.807) is 12.1 Å². The molecule has 0 unspecified atom stereocenters. The summed E-state index contributed by atoms with van der Waals surface area (Å²) in [6.07, 6.45) is 5.36. The zero-order chi connectivity index (χ0) is 20.1. The summed E-state index contributed by atoms with van der Waals surface area (Å²) >= 11 is 6.43. The van der Waals surface area contributed by atoms with E-state index in [0.29, 0.717) is 33.3 Å². The van der Waals surface area contributed by atoms with Crippen LogP contribution in [0.15, 0.2) is 42.6 Å². The van der Waals surface area contributed by atoms with Gasteiger partial charge >= 0.3 is 6.09 Å². The second kappa shape index (κ2) is 6.73. The van der Waals surface area contributed by atoms with E-state index < -0.39 is 6.09 Å². The fourth-order valence-electron chi connectivity index (χ4n) is 4.27. The Labute approximate surface area is 170 Å². The molecule has 2 heterocycles. The predicted molar refractivity (Wildman–Crippen MR) is 107 cm³/mol. The van der Waals surface area contributed by atoms with E-state index >= 15 is 0 Å². The Balaban J connectivity index is 1.54. The lowest BCUT2D eigenvalue weighted by Crippen LogP contribution is -2.41. The van der Waals surface area contributed by atoms with Crippen LogP contribution in [-0.2, 0) is 4.74 Å². The second-order valence-electron chi connectivity index (χ2n) is 7.30. The number of H-pyrrole nitrogens is 1. The molecule has 1 aromatic carbocycles. The minimum absolute atomic E-state index is 0.116. The highest BCUT2D eigenvalue weighted by molar-refractivity contribution is 6.34. The molecule has 1 amide bonds. The number of primary amides is 1. The number of nitrogens with two attached hydrogens (primary N) is 1. The van der Waals surface area contributed by atoms with E-state index in [1.807, 2.05) is 0 Å². The van der Waals surface area contributed by atoms with E-state index in [1.165, 1.54) is 18.3 Å². The largest absolute Gasteiger partial charge is 0.444 e. The Morgan fingerprint density at radius 2 is 2.17 bits per heavy atom. The molecule has 9 heteroatoms. The Morgan fingerprint density at radius 1 is 1.34 bits per heavy atom. The van der Waals surface area contributed by atoms with Gasteiger partial charge in [0.25, 0.3) is 0 Å². The van der Waals surface area contributed by atoms with Crippen LogP contribution in [0.2, 0.25) is 5.02 Å². The average molecular weight is 414 g/mol. The molecule has 0 aliphatic heterocycles. The molecular weight excluding hydrogens is 397 g/mol. The number of halogens is 2. The number of pyridine rings is 1. The number of fused-ring (bicyclic) bond motifs is 3. The molecule has 7 nitrogen and oxygen atoms in total. The summed E-state index contributed by atoms with van der Waals surface area (Å²) in [5.74, 6) is 0.433. The van der Waals surface area contributed by atoms with E-state index in [9.17, 15) is 9.18 Å². The zero-order valence-corrected chi connectivity index (χ0v) is 15.9. The Kier molecular flexibility index (Phi) is 4.16. The number of hydrogen-bond acceptors (Lipinski definition) is 5. The molecule has 1 fully saturated rings. The minimum atomic E-state index is -0.802. The number of benzene rings is 1.